The maximum absolute atomic E-state index is 11.5. The molecule has 0 bridgehead atoms. The van der Waals surface area contributed by atoms with Crippen LogP contribution in [-0.2, 0) is 26.3 Å². The third-order valence-corrected chi connectivity index (χ3v) is 5.24. The third kappa shape index (κ3) is 8.19. The van der Waals surface area contributed by atoms with Crippen LogP contribution in [0.4, 0.5) is 0 Å². The van der Waals surface area contributed by atoms with Crippen molar-refractivity contribution in [2.75, 3.05) is 6.54 Å². The van der Waals surface area contributed by atoms with E-state index in [-0.39, 0.29) is 10.9 Å². The van der Waals surface area contributed by atoms with Crippen molar-refractivity contribution in [3.8, 4) is 0 Å². The Morgan fingerprint density at radius 1 is 1.10 bits per heavy atom. The fourth-order valence-electron chi connectivity index (χ4n) is 2.37. The Balaban J connectivity index is 0.000000326. The molecule has 2 aromatic carbocycles. The minimum absolute atomic E-state index is 0.178. The zero-order valence-electron chi connectivity index (χ0n) is 17.6. The fraction of sp³-hybridized carbons (Fsp3) is 0.318. The molecular weight excluding hydrogens is 390 g/mol. The van der Waals surface area contributed by atoms with Gasteiger partial charge in [0.15, 0.2) is 0 Å². The Labute approximate surface area is 173 Å². The number of rotatable bonds is 6. The topological polar surface area (TPSA) is 87.9 Å². The molecule has 6 nitrogen and oxygen atoms in total. The average molecular weight is 420 g/mol. The van der Waals surface area contributed by atoms with Crippen LogP contribution in [0.2, 0.25) is 0 Å². The number of hydroxylamine groups is 2. The van der Waals surface area contributed by atoms with E-state index in [9.17, 15) is 17.8 Å². The summed E-state index contributed by atoms with van der Waals surface area (Å²) in [6, 6.07) is 12.0. The number of hydrogen-bond donors (Lipinski definition) is 1. The minimum Gasteiger partial charge on any atom is -0.744 e. The lowest BCUT2D eigenvalue weighted by Gasteiger charge is -2.17. The molecule has 29 heavy (non-hydrogen) atoms. The first kappa shape index (κ1) is 24.6. The first-order valence-corrected chi connectivity index (χ1v) is 10.7. The number of aryl methyl sites for hydroxylation is 2. The van der Waals surface area contributed by atoms with Gasteiger partial charge in [0.25, 0.3) is 0 Å². The van der Waals surface area contributed by atoms with Crippen molar-refractivity contribution < 1.29 is 27.7 Å². The van der Waals surface area contributed by atoms with Crippen molar-refractivity contribution in [3.63, 3.8) is 0 Å². The molecule has 7 heteroatoms. The first-order chi connectivity index (χ1) is 13.5. The molecule has 0 aliphatic heterocycles. The summed E-state index contributed by atoms with van der Waals surface area (Å²) >= 11 is 0. The number of hydrogen-bond acceptors (Lipinski definition) is 5. The molecule has 1 atom stereocenters. The van der Waals surface area contributed by atoms with E-state index in [0.29, 0.717) is 12.1 Å². The molecule has 0 saturated carbocycles. The average Bonchev–Trinajstić information content (AvgIpc) is 2.64. The lowest BCUT2D eigenvalue weighted by Crippen LogP contribution is -3.10. The van der Waals surface area contributed by atoms with Crippen LogP contribution in [-0.4, -0.2) is 25.5 Å². The lowest BCUT2D eigenvalue weighted by molar-refractivity contribution is -1.08. The molecule has 2 aromatic rings. The van der Waals surface area contributed by atoms with E-state index >= 15 is 0 Å². The van der Waals surface area contributed by atoms with Crippen LogP contribution in [0.25, 0.3) is 0 Å². The van der Waals surface area contributed by atoms with Crippen LogP contribution < -0.4 is 5.06 Å². The zero-order chi connectivity index (χ0) is 22.2. The van der Waals surface area contributed by atoms with Gasteiger partial charge in [0.1, 0.15) is 23.2 Å². The molecule has 0 saturated heterocycles. The van der Waals surface area contributed by atoms with E-state index in [1.807, 2.05) is 19.9 Å². The highest BCUT2D eigenvalue weighted by atomic mass is 32.2. The van der Waals surface area contributed by atoms with Crippen LogP contribution in [0.3, 0.4) is 0 Å². The molecule has 1 N–H and O–H groups in total. The number of nitrogens with one attached hydrogen (secondary N) is 1. The van der Waals surface area contributed by atoms with Crippen LogP contribution in [0, 0.1) is 20.8 Å². The molecule has 0 aromatic heterocycles. The summed E-state index contributed by atoms with van der Waals surface area (Å²) < 4.78 is 31.2. The second-order valence-electron chi connectivity index (χ2n) is 6.87. The predicted molar refractivity (Wildman–Crippen MR) is 111 cm³/mol. The highest BCUT2D eigenvalue weighted by Gasteiger charge is 2.16. The minimum atomic E-state index is -4.27. The SMILES string of the molecule is C=C(C)C(=O)O[NH+](CC)Cc1cccc(C)c1C.Cc1ccc(S(=O)(=O)[O-])cc1. The highest BCUT2D eigenvalue weighted by Crippen LogP contribution is 2.11. The molecule has 0 heterocycles. The van der Waals surface area contributed by atoms with Crippen LogP contribution in [0.15, 0.2) is 59.5 Å². The van der Waals surface area contributed by atoms with Crippen LogP contribution in [0.5, 0.6) is 0 Å². The Bertz CT molecular complexity index is 950. The summed E-state index contributed by atoms with van der Waals surface area (Å²) in [6.45, 7) is 14.7. The van der Waals surface area contributed by atoms with E-state index in [1.165, 1.54) is 28.8 Å². The van der Waals surface area contributed by atoms with Gasteiger partial charge in [0.2, 0.25) is 0 Å². The summed E-state index contributed by atoms with van der Waals surface area (Å²) in [5, 5.41) is 0.789. The fourth-order valence-corrected chi connectivity index (χ4v) is 2.84. The molecular formula is C22H29NO5S. The number of quaternary nitrogens is 1. The predicted octanol–water partition coefficient (Wildman–Crippen LogP) is 2.64. The van der Waals surface area contributed by atoms with Crippen molar-refractivity contribution >= 4 is 16.1 Å². The van der Waals surface area contributed by atoms with Crippen molar-refractivity contribution in [2.45, 2.75) is 46.1 Å². The maximum Gasteiger partial charge on any atom is 0.392 e. The van der Waals surface area contributed by atoms with Crippen molar-refractivity contribution in [3.05, 3.63) is 76.9 Å². The summed E-state index contributed by atoms with van der Waals surface area (Å²) in [5.74, 6) is -0.336. The first-order valence-electron chi connectivity index (χ1n) is 9.25. The van der Waals surface area contributed by atoms with E-state index < -0.39 is 10.1 Å². The van der Waals surface area contributed by atoms with Gasteiger partial charge in [-0.25, -0.2) is 13.2 Å². The number of carbonyl (C=O) groups excluding carboxylic acids is 1. The number of benzene rings is 2. The Morgan fingerprint density at radius 3 is 2.17 bits per heavy atom. The van der Waals surface area contributed by atoms with E-state index in [2.05, 4.69) is 32.6 Å². The molecule has 0 fully saturated rings. The Morgan fingerprint density at radius 2 is 1.69 bits per heavy atom. The molecule has 2 rings (SSSR count). The molecule has 0 amide bonds. The van der Waals surface area contributed by atoms with Crippen molar-refractivity contribution in [1.29, 1.82) is 0 Å². The molecule has 0 aliphatic rings. The number of carbonyl (C=O) groups is 1. The molecule has 0 aliphatic carbocycles. The van der Waals surface area contributed by atoms with E-state index in [0.717, 1.165) is 17.2 Å². The van der Waals surface area contributed by atoms with Gasteiger partial charge in [-0.15, -0.1) is 5.06 Å². The smallest absolute Gasteiger partial charge is 0.392 e. The van der Waals surface area contributed by atoms with Gasteiger partial charge in [0.05, 0.1) is 4.90 Å². The van der Waals surface area contributed by atoms with Crippen LogP contribution >= 0.6 is 0 Å². The second kappa shape index (κ2) is 10.9. The largest absolute Gasteiger partial charge is 0.744 e. The van der Waals surface area contributed by atoms with E-state index in [1.54, 1.807) is 19.1 Å². The van der Waals surface area contributed by atoms with Crippen LogP contribution in [0.1, 0.15) is 36.1 Å². The quantitative estimate of drug-likeness (QED) is 0.442. The Hall–Kier alpha value is -2.48. The van der Waals surface area contributed by atoms with Crippen molar-refractivity contribution in [2.24, 2.45) is 0 Å². The zero-order valence-corrected chi connectivity index (χ0v) is 18.4. The summed E-state index contributed by atoms with van der Waals surface area (Å²) in [4.78, 5) is 16.7. The normalized spacial score (nSPS) is 11.8. The van der Waals surface area contributed by atoms with Gasteiger partial charge in [-0.3, -0.25) is 4.84 Å². The van der Waals surface area contributed by atoms with Gasteiger partial charge in [-0.05, 0) is 57.9 Å². The van der Waals surface area contributed by atoms with Crippen molar-refractivity contribution in [1.82, 2.24) is 0 Å². The molecule has 0 spiro atoms. The van der Waals surface area contributed by atoms with E-state index in [4.69, 9.17) is 4.84 Å². The standard InChI is InChI=1S/C15H21NO2.C7H8O3S/c1-6-16(18-15(17)11(2)3)10-14-9-7-8-12(4)13(14)5;1-6-2-4-7(5-3-6)11(8,9)10/h7-9H,2,6,10H2,1,3-5H3;2-5H,1H3,(H,8,9,10). The Kier molecular flexibility index (Phi) is 9.23. The molecule has 158 valence electrons. The maximum atomic E-state index is 11.5. The van der Waals surface area contributed by atoms with Gasteiger partial charge in [0, 0.05) is 11.1 Å². The summed E-state index contributed by atoms with van der Waals surface area (Å²) in [6.07, 6.45) is 0. The highest BCUT2D eigenvalue weighted by molar-refractivity contribution is 7.85. The lowest BCUT2D eigenvalue weighted by atomic mass is 10.0. The second-order valence-corrected chi connectivity index (χ2v) is 8.24. The third-order valence-electron chi connectivity index (χ3n) is 4.39. The van der Waals surface area contributed by atoms with Gasteiger partial charge in [-0.2, -0.15) is 0 Å². The molecule has 0 radical (unpaired) electrons. The molecule has 1 unspecified atom stereocenters. The van der Waals surface area contributed by atoms with Gasteiger partial charge in [-0.1, -0.05) is 42.5 Å². The van der Waals surface area contributed by atoms with Gasteiger partial charge < -0.3 is 4.55 Å². The summed E-state index contributed by atoms with van der Waals surface area (Å²) in [5.41, 5.74) is 5.09. The summed E-state index contributed by atoms with van der Waals surface area (Å²) in [7, 11) is -4.27. The monoisotopic (exact) mass is 419 g/mol. The van der Waals surface area contributed by atoms with Gasteiger partial charge >= 0.3 is 5.97 Å².